The lowest BCUT2D eigenvalue weighted by Gasteiger charge is -2.23. The molecular weight excluding hydrogens is 439 g/mol. The molecule has 9 nitrogen and oxygen atoms in total. The normalized spacial score (nSPS) is 14.4. The van der Waals surface area contributed by atoms with Crippen molar-refractivity contribution in [1.29, 1.82) is 5.26 Å². The second-order valence-electron chi connectivity index (χ2n) is 7.37. The fourth-order valence-corrected chi connectivity index (χ4v) is 4.04. The molecule has 1 unspecified atom stereocenters. The Balaban J connectivity index is 1.89. The average molecular weight is 459 g/mol. The molecule has 1 aliphatic rings. The quantitative estimate of drug-likeness (QED) is 0.457. The van der Waals surface area contributed by atoms with E-state index in [0.29, 0.717) is 41.3 Å². The van der Waals surface area contributed by atoms with Crippen LogP contribution in [0.4, 0.5) is 11.8 Å². The third kappa shape index (κ3) is 4.14. The van der Waals surface area contributed by atoms with Gasteiger partial charge in [-0.05, 0) is 43.9 Å². The number of aromatic nitrogens is 4. The molecule has 1 atom stereocenters. The fraction of sp³-hybridized carbons (Fsp3) is 0.350. The molecule has 0 spiro atoms. The first-order valence-electron chi connectivity index (χ1n) is 9.83. The smallest absolute Gasteiger partial charge is 0.262 e. The Bertz CT molecular complexity index is 1250. The van der Waals surface area contributed by atoms with Gasteiger partial charge in [0.05, 0.1) is 22.0 Å². The molecule has 0 saturated heterocycles. The second kappa shape index (κ2) is 8.67. The number of benzene rings is 1. The van der Waals surface area contributed by atoms with Gasteiger partial charge in [0.15, 0.2) is 11.0 Å². The number of rotatable bonds is 7. The van der Waals surface area contributed by atoms with Crippen molar-refractivity contribution >= 4 is 45.9 Å². The molecule has 0 amide bonds. The number of nitrogens with zero attached hydrogens (tertiary/aromatic N) is 5. The standard InChI is InChI=1S/C20H20Cl2N8O/c21-12-3-1-4-13-14(12)19(31)30(8-2-7-23)18(26-13)15(10-5-6-10)27-17-11(9-24)16(22)28-20(25)29-17/h1,3-4,10,15H,2,5-8,23H2,(H3,25,27,28,29). The van der Waals surface area contributed by atoms with Gasteiger partial charge >= 0.3 is 0 Å². The van der Waals surface area contributed by atoms with E-state index < -0.39 is 0 Å². The molecule has 1 aromatic carbocycles. The van der Waals surface area contributed by atoms with Crippen molar-refractivity contribution in [1.82, 2.24) is 19.5 Å². The topological polar surface area (TPSA) is 149 Å². The molecule has 31 heavy (non-hydrogen) atoms. The van der Waals surface area contributed by atoms with Crippen LogP contribution in [0.2, 0.25) is 10.2 Å². The molecule has 0 radical (unpaired) electrons. The highest BCUT2D eigenvalue weighted by molar-refractivity contribution is 6.35. The minimum atomic E-state index is -0.383. The molecule has 1 saturated carbocycles. The van der Waals surface area contributed by atoms with E-state index in [1.54, 1.807) is 22.8 Å². The van der Waals surface area contributed by atoms with Crippen molar-refractivity contribution in [2.45, 2.75) is 31.8 Å². The van der Waals surface area contributed by atoms with Gasteiger partial charge in [-0.25, -0.2) is 4.98 Å². The van der Waals surface area contributed by atoms with Crippen LogP contribution >= 0.6 is 23.2 Å². The van der Waals surface area contributed by atoms with Crippen LogP contribution in [0.15, 0.2) is 23.0 Å². The number of hydrogen-bond donors (Lipinski definition) is 3. The minimum absolute atomic E-state index is 0.0363. The Labute approximate surface area is 188 Å². The van der Waals surface area contributed by atoms with Gasteiger partial charge in [-0.1, -0.05) is 29.3 Å². The van der Waals surface area contributed by atoms with Crippen molar-refractivity contribution in [3.05, 3.63) is 50.1 Å². The summed E-state index contributed by atoms with van der Waals surface area (Å²) in [4.78, 5) is 26.2. The van der Waals surface area contributed by atoms with E-state index in [1.807, 2.05) is 6.07 Å². The predicted molar refractivity (Wildman–Crippen MR) is 120 cm³/mol. The third-order valence-corrected chi connectivity index (χ3v) is 5.79. The molecule has 0 bridgehead atoms. The predicted octanol–water partition coefficient (Wildman–Crippen LogP) is 2.86. The summed E-state index contributed by atoms with van der Waals surface area (Å²) >= 11 is 12.4. The van der Waals surface area contributed by atoms with Crippen molar-refractivity contribution < 1.29 is 0 Å². The highest BCUT2D eigenvalue weighted by atomic mass is 35.5. The van der Waals surface area contributed by atoms with Crippen LogP contribution in [0.25, 0.3) is 10.9 Å². The average Bonchev–Trinajstić information content (AvgIpc) is 3.56. The first-order chi connectivity index (χ1) is 14.9. The summed E-state index contributed by atoms with van der Waals surface area (Å²) in [6.07, 6.45) is 2.47. The lowest BCUT2D eigenvalue weighted by molar-refractivity contribution is 0.530. The van der Waals surface area contributed by atoms with Crippen molar-refractivity contribution in [2.24, 2.45) is 11.7 Å². The van der Waals surface area contributed by atoms with Crippen LogP contribution in [0.5, 0.6) is 0 Å². The molecule has 160 valence electrons. The number of fused-ring (bicyclic) bond motifs is 1. The van der Waals surface area contributed by atoms with Crippen molar-refractivity contribution in [3.8, 4) is 6.07 Å². The second-order valence-corrected chi connectivity index (χ2v) is 8.14. The summed E-state index contributed by atoms with van der Waals surface area (Å²) < 4.78 is 1.61. The Morgan fingerprint density at radius 3 is 2.74 bits per heavy atom. The van der Waals surface area contributed by atoms with E-state index in [-0.39, 0.29) is 40.0 Å². The zero-order valence-electron chi connectivity index (χ0n) is 16.5. The Morgan fingerprint density at radius 2 is 2.06 bits per heavy atom. The Morgan fingerprint density at radius 1 is 1.29 bits per heavy atom. The lowest BCUT2D eigenvalue weighted by atomic mass is 10.1. The molecule has 3 aromatic rings. The van der Waals surface area contributed by atoms with Crippen LogP contribution in [0, 0.1) is 17.2 Å². The number of anilines is 2. The van der Waals surface area contributed by atoms with Crippen LogP contribution < -0.4 is 22.3 Å². The van der Waals surface area contributed by atoms with Gasteiger partial charge in [0.25, 0.3) is 5.56 Å². The molecular formula is C20H20Cl2N8O. The summed E-state index contributed by atoms with van der Waals surface area (Å²) in [5.74, 6) is 0.893. The number of nitriles is 1. The van der Waals surface area contributed by atoms with Gasteiger partial charge in [0, 0.05) is 6.54 Å². The molecule has 2 heterocycles. The summed E-state index contributed by atoms with van der Waals surface area (Å²) in [5.41, 5.74) is 11.8. The lowest BCUT2D eigenvalue weighted by Crippen LogP contribution is -2.31. The number of halogens is 2. The maximum absolute atomic E-state index is 13.4. The summed E-state index contributed by atoms with van der Waals surface area (Å²) in [5, 5.41) is 13.5. The molecule has 1 aliphatic carbocycles. The Kier molecular flexibility index (Phi) is 5.96. The van der Waals surface area contributed by atoms with Gasteiger partial charge in [-0.3, -0.25) is 9.36 Å². The monoisotopic (exact) mass is 458 g/mol. The van der Waals surface area contributed by atoms with E-state index >= 15 is 0 Å². The van der Waals surface area contributed by atoms with Gasteiger partial charge < -0.3 is 16.8 Å². The molecule has 0 aliphatic heterocycles. The highest BCUT2D eigenvalue weighted by Crippen LogP contribution is 2.43. The first kappa shape index (κ1) is 21.3. The summed E-state index contributed by atoms with van der Waals surface area (Å²) in [7, 11) is 0. The molecule has 11 heteroatoms. The third-order valence-electron chi connectivity index (χ3n) is 5.21. The zero-order valence-corrected chi connectivity index (χ0v) is 18.0. The fourth-order valence-electron chi connectivity index (χ4n) is 3.57. The van der Waals surface area contributed by atoms with Crippen LogP contribution in [-0.4, -0.2) is 26.1 Å². The van der Waals surface area contributed by atoms with E-state index in [1.165, 1.54) is 0 Å². The number of nitrogens with two attached hydrogens (primary N) is 2. The summed E-state index contributed by atoms with van der Waals surface area (Å²) in [6, 6.07) is 6.80. The minimum Gasteiger partial charge on any atom is -0.368 e. The molecule has 2 aromatic heterocycles. The maximum Gasteiger partial charge on any atom is 0.262 e. The van der Waals surface area contributed by atoms with Crippen molar-refractivity contribution in [3.63, 3.8) is 0 Å². The molecule has 5 N–H and O–H groups in total. The number of nitrogens with one attached hydrogen (secondary N) is 1. The van der Waals surface area contributed by atoms with Crippen LogP contribution in [0.1, 0.15) is 36.7 Å². The number of hydrogen-bond acceptors (Lipinski definition) is 8. The Hall–Kier alpha value is -2.93. The molecule has 4 rings (SSSR count). The first-order valence-corrected chi connectivity index (χ1v) is 10.6. The maximum atomic E-state index is 13.4. The van der Waals surface area contributed by atoms with Crippen LogP contribution in [-0.2, 0) is 6.54 Å². The van der Waals surface area contributed by atoms with E-state index in [4.69, 9.17) is 39.7 Å². The van der Waals surface area contributed by atoms with E-state index in [2.05, 4.69) is 15.3 Å². The summed E-state index contributed by atoms with van der Waals surface area (Å²) in [6.45, 7) is 0.812. The zero-order chi connectivity index (χ0) is 22.1. The van der Waals surface area contributed by atoms with Crippen LogP contribution in [0.3, 0.4) is 0 Å². The van der Waals surface area contributed by atoms with Gasteiger partial charge in [0.1, 0.15) is 17.5 Å². The van der Waals surface area contributed by atoms with Gasteiger partial charge in [0.2, 0.25) is 5.95 Å². The largest absolute Gasteiger partial charge is 0.368 e. The molecule has 1 fully saturated rings. The number of nitrogen functional groups attached to an aromatic ring is 1. The van der Waals surface area contributed by atoms with Gasteiger partial charge in [-0.15, -0.1) is 0 Å². The van der Waals surface area contributed by atoms with Crippen molar-refractivity contribution in [2.75, 3.05) is 17.6 Å². The highest BCUT2D eigenvalue weighted by Gasteiger charge is 2.36. The van der Waals surface area contributed by atoms with E-state index in [0.717, 1.165) is 12.8 Å². The SMILES string of the molecule is N#Cc1c(Cl)nc(N)nc1NC(c1nc2cccc(Cl)c2c(=O)n1CCCN)C1CC1. The van der Waals surface area contributed by atoms with Gasteiger partial charge in [-0.2, -0.15) is 15.2 Å². The van der Waals surface area contributed by atoms with E-state index in [9.17, 15) is 10.1 Å².